The Kier molecular flexibility index (Phi) is 15.6. The van der Waals surface area contributed by atoms with Crippen molar-refractivity contribution in [2.75, 3.05) is 26.7 Å². The van der Waals surface area contributed by atoms with Crippen LogP contribution in [0.2, 0.25) is 0 Å². The van der Waals surface area contributed by atoms with Crippen molar-refractivity contribution < 1.29 is 5.11 Å². The van der Waals surface area contributed by atoms with Gasteiger partial charge in [0.05, 0.1) is 5.76 Å². The first kappa shape index (κ1) is 17.6. The summed E-state index contributed by atoms with van der Waals surface area (Å²) in [4.78, 5) is 5.74. The molecule has 16 heavy (non-hydrogen) atoms. The Morgan fingerprint density at radius 3 is 1.94 bits per heavy atom. The summed E-state index contributed by atoms with van der Waals surface area (Å²) in [5, 5.41) is 8.41. The molecule has 1 fully saturated rings. The summed E-state index contributed by atoms with van der Waals surface area (Å²) < 4.78 is 0. The minimum absolute atomic E-state index is 0.414. The highest BCUT2D eigenvalue weighted by Gasteiger charge is 2.06. The number of aliphatic hydroxyl groups excluding tert-OH is 1. The zero-order chi connectivity index (χ0) is 12.8. The van der Waals surface area contributed by atoms with E-state index in [1.807, 2.05) is 6.92 Å². The zero-order valence-corrected chi connectivity index (χ0v) is 11.4. The number of hydrogen-bond acceptors (Lipinski definition) is 3. The molecule has 0 aromatic rings. The summed E-state index contributed by atoms with van der Waals surface area (Å²) in [6.45, 7) is 12.9. The largest absolute Gasteiger partial charge is 0.513 e. The van der Waals surface area contributed by atoms with E-state index in [-0.39, 0.29) is 0 Å². The summed E-state index contributed by atoms with van der Waals surface area (Å²) in [7, 11) is 1.64. The normalized spacial score (nSPS) is 15.6. The molecule has 0 atom stereocenters. The maximum Gasteiger partial charge on any atom is 0.0851 e. The van der Waals surface area contributed by atoms with E-state index in [4.69, 9.17) is 5.11 Å². The number of hydrogen-bond donors (Lipinski definition) is 1. The molecule has 0 amide bonds. The third-order valence-electron chi connectivity index (χ3n) is 2.15. The van der Waals surface area contributed by atoms with Crippen LogP contribution in [0.5, 0.6) is 0 Å². The first-order valence-corrected chi connectivity index (χ1v) is 6.05. The molecule has 0 aliphatic carbocycles. The van der Waals surface area contributed by atoms with Crippen molar-refractivity contribution in [2.45, 2.75) is 40.0 Å². The average molecular weight is 228 g/mol. The fourth-order valence-electron chi connectivity index (χ4n) is 1.39. The van der Waals surface area contributed by atoms with Gasteiger partial charge < -0.3 is 15.0 Å². The number of allylic oxidation sites excluding steroid dienone is 2. The molecule has 1 rings (SSSR count). The molecule has 1 aliphatic rings. The predicted molar refractivity (Wildman–Crippen MR) is 73.5 cm³/mol. The molecule has 1 aliphatic heterocycles. The highest BCUT2D eigenvalue weighted by atomic mass is 16.3. The van der Waals surface area contributed by atoms with Gasteiger partial charge in [0.1, 0.15) is 0 Å². The summed E-state index contributed by atoms with van der Waals surface area (Å²) in [5.41, 5.74) is 0. The third-order valence-corrected chi connectivity index (χ3v) is 2.15. The van der Waals surface area contributed by atoms with Gasteiger partial charge in [0.15, 0.2) is 0 Å². The van der Waals surface area contributed by atoms with Crippen LogP contribution in [-0.2, 0) is 0 Å². The lowest BCUT2D eigenvalue weighted by Gasteiger charge is -2.08. The highest BCUT2D eigenvalue weighted by Crippen LogP contribution is 2.04. The van der Waals surface area contributed by atoms with E-state index in [1.165, 1.54) is 32.5 Å². The molecule has 0 spiro atoms. The van der Waals surface area contributed by atoms with E-state index >= 15 is 0 Å². The maximum absolute atomic E-state index is 8.41. The van der Waals surface area contributed by atoms with E-state index in [0.717, 1.165) is 6.42 Å². The zero-order valence-electron chi connectivity index (χ0n) is 11.4. The van der Waals surface area contributed by atoms with Gasteiger partial charge in [-0.2, -0.15) is 0 Å². The van der Waals surface area contributed by atoms with E-state index in [1.54, 1.807) is 20.0 Å². The maximum atomic E-state index is 8.41. The van der Waals surface area contributed by atoms with Crippen molar-refractivity contribution in [3.8, 4) is 0 Å². The van der Waals surface area contributed by atoms with Gasteiger partial charge in [-0.3, -0.25) is 0 Å². The predicted octanol–water partition coefficient (Wildman–Crippen LogP) is 3.28. The van der Waals surface area contributed by atoms with Crippen LogP contribution in [0.15, 0.2) is 16.8 Å². The molecular formula is C13H28N2O. The minimum Gasteiger partial charge on any atom is -0.513 e. The number of rotatable bonds is 2. The first-order valence-electron chi connectivity index (χ1n) is 6.05. The summed E-state index contributed by atoms with van der Waals surface area (Å²) >= 11 is 0. The van der Waals surface area contributed by atoms with Gasteiger partial charge in [-0.25, -0.2) is 0 Å². The molecule has 0 bridgehead atoms. The molecule has 0 aromatic heterocycles. The van der Waals surface area contributed by atoms with Crippen molar-refractivity contribution in [1.82, 2.24) is 4.90 Å². The second kappa shape index (κ2) is 14.2. The SMILES string of the molecule is C=NC.CC/C=C(\C)O.CCN1CCCC1. The number of likely N-dealkylation sites (tertiary alicyclic amines) is 1. The summed E-state index contributed by atoms with van der Waals surface area (Å²) in [6, 6.07) is 0. The second-order valence-electron chi connectivity index (χ2n) is 3.71. The molecule has 0 radical (unpaired) electrons. The van der Waals surface area contributed by atoms with Gasteiger partial charge in [0.2, 0.25) is 0 Å². The van der Waals surface area contributed by atoms with Crippen molar-refractivity contribution >= 4 is 6.72 Å². The fourth-order valence-corrected chi connectivity index (χ4v) is 1.39. The Morgan fingerprint density at radius 1 is 1.38 bits per heavy atom. The summed E-state index contributed by atoms with van der Waals surface area (Å²) in [6.07, 6.45) is 5.53. The van der Waals surface area contributed by atoms with Gasteiger partial charge in [0, 0.05) is 7.05 Å². The first-order chi connectivity index (χ1) is 7.62. The highest BCUT2D eigenvalue weighted by molar-refractivity contribution is 5.22. The van der Waals surface area contributed by atoms with E-state index in [2.05, 4.69) is 23.5 Å². The van der Waals surface area contributed by atoms with E-state index < -0.39 is 0 Å². The van der Waals surface area contributed by atoms with Crippen LogP contribution < -0.4 is 0 Å². The lowest BCUT2D eigenvalue weighted by molar-refractivity contribution is 0.359. The van der Waals surface area contributed by atoms with Crippen LogP contribution in [0.3, 0.4) is 0 Å². The molecule has 0 aromatic carbocycles. The molecule has 3 heteroatoms. The summed E-state index contributed by atoms with van der Waals surface area (Å²) in [5.74, 6) is 0.414. The Balaban J connectivity index is 0. The number of nitrogens with zero attached hydrogens (tertiary/aromatic N) is 2. The van der Waals surface area contributed by atoms with Gasteiger partial charge in [-0.05, 0) is 58.6 Å². The number of aliphatic hydroxyl groups is 1. The molecule has 1 heterocycles. The van der Waals surface area contributed by atoms with Crippen LogP contribution >= 0.6 is 0 Å². The van der Waals surface area contributed by atoms with Crippen LogP contribution in [0, 0.1) is 0 Å². The van der Waals surface area contributed by atoms with Crippen molar-refractivity contribution in [1.29, 1.82) is 0 Å². The smallest absolute Gasteiger partial charge is 0.0851 e. The lowest BCUT2D eigenvalue weighted by atomic mass is 10.4. The van der Waals surface area contributed by atoms with Crippen LogP contribution in [0.25, 0.3) is 0 Å². The topological polar surface area (TPSA) is 35.8 Å². The molecule has 0 unspecified atom stereocenters. The quantitative estimate of drug-likeness (QED) is 0.581. The standard InChI is InChI=1S/C6H13N.C5H10O.C2H5N/c1-2-7-5-3-4-6-7;1-3-4-5(2)6;1-3-2/h2-6H2,1H3;4,6H,3H2,1-2H3;1H2,2H3/b;5-4+;. The van der Waals surface area contributed by atoms with Gasteiger partial charge in [-0.15, -0.1) is 0 Å². The van der Waals surface area contributed by atoms with Crippen LogP contribution in [0.1, 0.15) is 40.0 Å². The minimum atomic E-state index is 0.414. The van der Waals surface area contributed by atoms with E-state index in [9.17, 15) is 0 Å². The number of aliphatic imine (C=N–C) groups is 1. The third kappa shape index (κ3) is 15.6. The van der Waals surface area contributed by atoms with Gasteiger partial charge in [-0.1, -0.05) is 13.8 Å². The van der Waals surface area contributed by atoms with Crippen LogP contribution in [-0.4, -0.2) is 43.4 Å². The Morgan fingerprint density at radius 2 is 1.81 bits per heavy atom. The molecule has 0 saturated carbocycles. The Labute approximate surface area is 101 Å². The Bertz CT molecular complexity index is 169. The molecule has 1 saturated heterocycles. The fraction of sp³-hybridized carbons (Fsp3) is 0.769. The van der Waals surface area contributed by atoms with E-state index in [0.29, 0.717) is 5.76 Å². The molecule has 1 N–H and O–H groups in total. The second-order valence-corrected chi connectivity index (χ2v) is 3.71. The van der Waals surface area contributed by atoms with Gasteiger partial charge >= 0.3 is 0 Å². The molecular weight excluding hydrogens is 200 g/mol. The lowest BCUT2D eigenvalue weighted by Crippen LogP contribution is -2.17. The van der Waals surface area contributed by atoms with Crippen LogP contribution in [0.4, 0.5) is 0 Å². The molecule has 96 valence electrons. The van der Waals surface area contributed by atoms with Gasteiger partial charge in [0.25, 0.3) is 0 Å². The molecule has 3 nitrogen and oxygen atoms in total. The van der Waals surface area contributed by atoms with Crippen molar-refractivity contribution in [3.63, 3.8) is 0 Å². The monoisotopic (exact) mass is 228 g/mol. The van der Waals surface area contributed by atoms with Crippen molar-refractivity contribution in [2.24, 2.45) is 4.99 Å². The van der Waals surface area contributed by atoms with Crippen molar-refractivity contribution in [3.05, 3.63) is 11.8 Å². The Hall–Kier alpha value is -0.830. The average Bonchev–Trinajstić information content (AvgIpc) is 2.71.